The molecule has 84 valence electrons. The Morgan fingerprint density at radius 1 is 1.53 bits per heavy atom. The van der Waals surface area contributed by atoms with E-state index in [0.29, 0.717) is 0 Å². The van der Waals surface area contributed by atoms with Gasteiger partial charge in [-0.3, -0.25) is 14.9 Å². The van der Waals surface area contributed by atoms with Crippen molar-refractivity contribution in [1.82, 2.24) is 9.97 Å². The predicted octanol–water partition coefficient (Wildman–Crippen LogP) is 1.77. The van der Waals surface area contributed by atoms with E-state index in [1.165, 1.54) is 6.07 Å². The van der Waals surface area contributed by atoms with Crippen molar-refractivity contribution in [3.63, 3.8) is 0 Å². The van der Waals surface area contributed by atoms with Gasteiger partial charge in [-0.1, -0.05) is 5.11 Å². The van der Waals surface area contributed by atoms with Gasteiger partial charge in [0, 0.05) is 11.0 Å². The number of rotatable bonds is 2. The van der Waals surface area contributed by atoms with Crippen LogP contribution in [-0.2, 0) is 0 Å². The van der Waals surface area contributed by atoms with Crippen LogP contribution in [0.15, 0.2) is 28.4 Å². The van der Waals surface area contributed by atoms with Crippen LogP contribution >= 0.6 is 0 Å². The van der Waals surface area contributed by atoms with Gasteiger partial charge in [0.05, 0.1) is 22.2 Å². The molecule has 0 amide bonds. The third-order valence-corrected chi connectivity index (χ3v) is 2.09. The Morgan fingerprint density at radius 2 is 2.29 bits per heavy atom. The zero-order valence-corrected chi connectivity index (χ0v) is 8.19. The van der Waals surface area contributed by atoms with Gasteiger partial charge in [-0.05, 0) is 11.6 Å². The van der Waals surface area contributed by atoms with E-state index in [9.17, 15) is 14.9 Å². The molecule has 0 aliphatic carbocycles. The highest BCUT2D eigenvalue weighted by molar-refractivity contribution is 5.85. The Hall–Kier alpha value is -2.93. The third kappa shape index (κ3) is 1.77. The number of nitro benzene ring substituents is 1. The van der Waals surface area contributed by atoms with Crippen molar-refractivity contribution in [3.8, 4) is 0 Å². The molecule has 0 aliphatic heterocycles. The fourth-order valence-electron chi connectivity index (χ4n) is 1.37. The first kappa shape index (κ1) is 10.6. The summed E-state index contributed by atoms with van der Waals surface area (Å²) in [6.07, 6.45) is 1.16. The molecule has 0 atom stereocenters. The van der Waals surface area contributed by atoms with Crippen LogP contribution in [0, 0.1) is 10.1 Å². The van der Waals surface area contributed by atoms with Crippen LogP contribution in [-0.4, -0.2) is 14.9 Å². The Balaban J connectivity index is 2.91. The Kier molecular flexibility index (Phi) is 2.43. The lowest BCUT2D eigenvalue weighted by atomic mass is 10.2. The molecule has 1 heterocycles. The molecule has 2 rings (SSSR count). The van der Waals surface area contributed by atoms with Crippen LogP contribution < -0.4 is 5.56 Å². The van der Waals surface area contributed by atoms with Gasteiger partial charge in [-0.2, -0.15) is 0 Å². The van der Waals surface area contributed by atoms with Crippen LogP contribution in [0.2, 0.25) is 0 Å². The maximum atomic E-state index is 11.4. The number of nitrogens with one attached hydrogen (secondary N) is 1. The fraction of sp³-hybridized carbons (Fsp3) is 0. The van der Waals surface area contributed by atoms with E-state index < -0.39 is 16.2 Å². The summed E-state index contributed by atoms with van der Waals surface area (Å²) in [6, 6.07) is 2.23. The molecule has 1 aromatic heterocycles. The topological polar surface area (TPSA) is 138 Å². The van der Waals surface area contributed by atoms with E-state index in [-0.39, 0.29) is 16.6 Å². The highest BCUT2D eigenvalue weighted by Gasteiger charge is 2.15. The molecule has 0 saturated carbocycles. The average molecular weight is 232 g/mol. The van der Waals surface area contributed by atoms with Crippen LogP contribution in [0.25, 0.3) is 21.3 Å². The molecule has 1 aromatic carbocycles. The van der Waals surface area contributed by atoms with E-state index in [1.807, 2.05) is 0 Å². The van der Waals surface area contributed by atoms with Gasteiger partial charge >= 0.3 is 0 Å². The number of hydrogen-bond acceptors (Lipinski definition) is 5. The number of aromatic amines is 1. The number of nitrogens with zero attached hydrogens (tertiary/aromatic N) is 5. The fourth-order valence-corrected chi connectivity index (χ4v) is 1.37. The average Bonchev–Trinajstić information content (AvgIpc) is 2.29. The number of fused-ring (bicyclic) bond motifs is 1. The first-order valence-corrected chi connectivity index (χ1v) is 4.34. The van der Waals surface area contributed by atoms with Crippen LogP contribution in [0.5, 0.6) is 0 Å². The molecular weight excluding hydrogens is 228 g/mol. The lowest BCUT2D eigenvalue weighted by Crippen LogP contribution is -2.06. The van der Waals surface area contributed by atoms with Crippen molar-refractivity contribution in [3.05, 3.63) is 49.4 Å². The van der Waals surface area contributed by atoms with E-state index in [4.69, 9.17) is 5.53 Å². The normalized spacial score (nSPS) is 9.88. The Morgan fingerprint density at radius 3 is 2.94 bits per heavy atom. The van der Waals surface area contributed by atoms with Crippen molar-refractivity contribution in [2.75, 3.05) is 0 Å². The number of aromatic nitrogens is 2. The molecule has 0 radical (unpaired) electrons. The lowest BCUT2D eigenvalue weighted by molar-refractivity contribution is -0.383. The van der Waals surface area contributed by atoms with Crippen molar-refractivity contribution >= 4 is 22.3 Å². The number of benzene rings is 1. The van der Waals surface area contributed by atoms with Gasteiger partial charge in [-0.15, -0.1) is 0 Å². The molecule has 0 spiro atoms. The van der Waals surface area contributed by atoms with Gasteiger partial charge in [0.25, 0.3) is 11.2 Å². The first-order chi connectivity index (χ1) is 8.13. The summed E-state index contributed by atoms with van der Waals surface area (Å²) in [6.45, 7) is 0. The van der Waals surface area contributed by atoms with Gasteiger partial charge in [0.15, 0.2) is 0 Å². The van der Waals surface area contributed by atoms with Gasteiger partial charge in [0.1, 0.15) is 5.69 Å². The minimum atomic E-state index is -0.726. The van der Waals surface area contributed by atoms with Crippen LogP contribution in [0.1, 0.15) is 0 Å². The minimum Gasteiger partial charge on any atom is -0.313 e. The SMILES string of the molecule is [N-]=[N+]=Nc1cc2nc[nH]c(=O)c2cc1[N+](=O)[O-]. The number of hydrogen-bond donors (Lipinski definition) is 1. The highest BCUT2D eigenvalue weighted by atomic mass is 16.6. The summed E-state index contributed by atoms with van der Waals surface area (Å²) in [7, 11) is 0. The number of H-pyrrole nitrogens is 1. The monoisotopic (exact) mass is 232 g/mol. The molecule has 0 bridgehead atoms. The summed E-state index contributed by atoms with van der Waals surface area (Å²) in [5, 5.41) is 14.0. The zero-order chi connectivity index (χ0) is 12.4. The summed E-state index contributed by atoms with van der Waals surface area (Å²) < 4.78 is 0. The van der Waals surface area contributed by atoms with E-state index in [2.05, 4.69) is 20.0 Å². The van der Waals surface area contributed by atoms with Crippen molar-refractivity contribution in [2.24, 2.45) is 5.11 Å². The molecule has 9 heteroatoms. The summed E-state index contributed by atoms with van der Waals surface area (Å²) in [4.78, 5) is 30.0. The smallest absolute Gasteiger partial charge is 0.279 e. The minimum absolute atomic E-state index is 0.0658. The highest BCUT2D eigenvalue weighted by Crippen LogP contribution is 2.30. The molecule has 2 aromatic rings. The number of azide groups is 1. The third-order valence-electron chi connectivity index (χ3n) is 2.09. The lowest BCUT2D eigenvalue weighted by Gasteiger charge is -1.99. The zero-order valence-electron chi connectivity index (χ0n) is 8.19. The summed E-state index contributed by atoms with van der Waals surface area (Å²) >= 11 is 0. The molecule has 0 unspecified atom stereocenters. The maximum Gasteiger partial charge on any atom is 0.279 e. The molecule has 1 N–H and O–H groups in total. The van der Waals surface area contributed by atoms with Gasteiger partial charge < -0.3 is 4.98 Å². The first-order valence-electron chi connectivity index (χ1n) is 4.34. The Labute approximate surface area is 92.5 Å². The summed E-state index contributed by atoms with van der Waals surface area (Å²) in [5.41, 5.74) is 7.42. The quantitative estimate of drug-likeness (QED) is 0.277. The molecule has 17 heavy (non-hydrogen) atoms. The van der Waals surface area contributed by atoms with Gasteiger partial charge in [0.2, 0.25) is 0 Å². The molecule has 0 aliphatic rings. The van der Waals surface area contributed by atoms with Crippen LogP contribution in [0.3, 0.4) is 0 Å². The second-order valence-electron chi connectivity index (χ2n) is 3.04. The second-order valence-corrected chi connectivity index (χ2v) is 3.04. The molecular formula is C8H4N6O3. The van der Waals surface area contributed by atoms with E-state index >= 15 is 0 Å². The van der Waals surface area contributed by atoms with Crippen molar-refractivity contribution in [1.29, 1.82) is 0 Å². The van der Waals surface area contributed by atoms with Crippen molar-refractivity contribution < 1.29 is 4.92 Å². The summed E-state index contributed by atoms with van der Waals surface area (Å²) in [5.74, 6) is 0. The molecule has 0 fully saturated rings. The van der Waals surface area contributed by atoms with Crippen LogP contribution in [0.4, 0.5) is 11.4 Å². The molecule has 9 nitrogen and oxygen atoms in total. The second kappa shape index (κ2) is 3.91. The maximum absolute atomic E-state index is 11.4. The van der Waals surface area contributed by atoms with Gasteiger partial charge in [-0.25, -0.2) is 4.98 Å². The Bertz CT molecular complexity index is 715. The largest absolute Gasteiger partial charge is 0.313 e. The predicted molar refractivity (Wildman–Crippen MR) is 57.8 cm³/mol. The standard InChI is InChI=1S/C8H4N6O3/c9-13-12-6-2-5-4(1-7(6)14(16)17)8(15)11-3-10-5/h1-3H,(H,10,11,15). The van der Waals surface area contributed by atoms with E-state index in [0.717, 1.165) is 12.4 Å². The number of nitro groups is 1. The van der Waals surface area contributed by atoms with Crippen molar-refractivity contribution in [2.45, 2.75) is 0 Å². The molecule has 0 saturated heterocycles. The van der Waals surface area contributed by atoms with E-state index in [1.54, 1.807) is 0 Å².